The number of hydrogen-bond acceptors (Lipinski definition) is 3. The van der Waals surface area contributed by atoms with Crippen molar-refractivity contribution in [3.8, 4) is 0 Å². The molecule has 2 amide bonds. The normalized spacial score (nSPS) is 26.9. The predicted molar refractivity (Wildman–Crippen MR) is 106 cm³/mol. The summed E-state index contributed by atoms with van der Waals surface area (Å²) in [4.78, 5) is 28.9. The van der Waals surface area contributed by atoms with Gasteiger partial charge in [0.1, 0.15) is 5.25 Å². The van der Waals surface area contributed by atoms with Gasteiger partial charge in [-0.3, -0.25) is 9.59 Å². The minimum absolute atomic E-state index is 0.0130. The summed E-state index contributed by atoms with van der Waals surface area (Å²) < 4.78 is 12.3. The van der Waals surface area contributed by atoms with Crippen LogP contribution in [0.1, 0.15) is 43.6 Å². The van der Waals surface area contributed by atoms with Crippen molar-refractivity contribution in [2.24, 2.45) is 5.92 Å². The Labute approximate surface area is 164 Å². The summed E-state index contributed by atoms with van der Waals surface area (Å²) in [6, 6.07) is 10.2. The van der Waals surface area contributed by atoms with Crippen LogP contribution in [0.4, 0.5) is 0 Å². The van der Waals surface area contributed by atoms with Crippen LogP contribution in [0, 0.1) is 5.92 Å². The van der Waals surface area contributed by atoms with Crippen LogP contribution in [-0.4, -0.2) is 63.3 Å². The Balaban J connectivity index is 1.23. The number of hydrogen-bond donors (Lipinski definition) is 0. The Kier molecular flexibility index (Phi) is 5.74. The highest BCUT2D eigenvalue weighted by Crippen LogP contribution is 2.48. The van der Waals surface area contributed by atoms with Gasteiger partial charge >= 0.3 is 0 Å². The van der Waals surface area contributed by atoms with E-state index in [1.54, 1.807) is 4.90 Å². The van der Waals surface area contributed by atoms with Gasteiger partial charge in [-0.05, 0) is 54.8 Å². The maximum atomic E-state index is 12.7. The standard InChI is InChI=1S/C21H28N2O3S/c24-20(15-27(26)17-8-4-5-9-17)22-10-12-23(13-11-22)21(25)19-14-18(19)16-6-2-1-3-7-16/h1-3,6-7,17-19H,4-5,8-15H2/t18-,19+,27?/m1/s1. The van der Waals surface area contributed by atoms with Gasteiger partial charge in [-0.25, -0.2) is 0 Å². The molecule has 6 heteroatoms. The molecule has 1 aromatic carbocycles. The first-order chi connectivity index (χ1) is 13.1. The quantitative estimate of drug-likeness (QED) is 0.726. The molecule has 0 spiro atoms. The van der Waals surface area contributed by atoms with E-state index < -0.39 is 11.2 Å². The number of carbonyl (C=O) groups excluding carboxylic acids is 2. The Bertz CT molecular complexity index is 669. The number of nitrogens with zero attached hydrogens (tertiary/aromatic N) is 2. The third kappa shape index (κ3) is 4.32. The van der Waals surface area contributed by atoms with E-state index in [-0.39, 0.29) is 28.7 Å². The van der Waals surface area contributed by atoms with E-state index in [9.17, 15) is 14.1 Å². The highest BCUT2D eigenvalue weighted by atomic mass is 32.2. The van der Waals surface area contributed by atoms with Gasteiger partial charge in [0.2, 0.25) is 5.91 Å². The zero-order chi connectivity index (χ0) is 18.8. The van der Waals surface area contributed by atoms with Crippen LogP contribution in [0.3, 0.4) is 0 Å². The molecule has 1 saturated heterocycles. The van der Waals surface area contributed by atoms with Crippen LogP contribution < -0.4 is 0 Å². The van der Waals surface area contributed by atoms with E-state index in [0.29, 0.717) is 32.1 Å². The van der Waals surface area contributed by atoms with Gasteiger partial charge in [0.25, 0.3) is 5.91 Å². The Morgan fingerprint density at radius 3 is 2.30 bits per heavy atom. The van der Waals surface area contributed by atoms with Crippen molar-refractivity contribution in [1.29, 1.82) is 0 Å². The lowest BCUT2D eigenvalue weighted by molar-refractivity contribution is -0.139. The molecule has 3 atom stereocenters. The van der Waals surface area contributed by atoms with Gasteiger partial charge in [0, 0.05) is 32.1 Å². The Morgan fingerprint density at radius 1 is 1.00 bits per heavy atom. The first kappa shape index (κ1) is 18.8. The molecule has 3 aliphatic rings. The molecule has 0 N–H and O–H groups in total. The van der Waals surface area contributed by atoms with Crippen LogP contribution in [0.2, 0.25) is 0 Å². The minimum atomic E-state index is -1.04. The highest BCUT2D eigenvalue weighted by Gasteiger charge is 2.46. The molecule has 3 fully saturated rings. The fourth-order valence-corrected chi connectivity index (χ4v) is 5.95. The van der Waals surface area contributed by atoms with Gasteiger partial charge < -0.3 is 14.4 Å². The van der Waals surface area contributed by atoms with Crippen LogP contribution >= 0.6 is 0 Å². The zero-order valence-electron chi connectivity index (χ0n) is 15.7. The molecule has 1 aromatic rings. The van der Waals surface area contributed by atoms with Crippen LogP contribution in [0.25, 0.3) is 0 Å². The average molecular weight is 389 g/mol. The van der Waals surface area contributed by atoms with E-state index in [2.05, 4.69) is 12.1 Å². The summed E-state index contributed by atoms with van der Waals surface area (Å²) >= 11 is -1.04. The first-order valence-electron chi connectivity index (χ1n) is 10.1. The lowest BCUT2D eigenvalue weighted by Gasteiger charge is -2.35. The third-order valence-corrected chi connectivity index (χ3v) is 7.97. The fraction of sp³-hybridized carbons (Fsp3) is 0.619. The van der Waals surface area contributed by atoms with E-state index >= 15 is 0 Å². The molecule has 0 radical (unpaired) electrons. The second-order valence-corrected chi connectivity index (χ2v) is 9.71. The maximum absolute atomic E-state index is 12.7. The van der Waals surface area contributed by atoms with Gasteiger partial charge in [-0.15, -0.1) is 0 Å². The number of benzene rings is 1. The van der Waals surface area contributed by atoms with Crippen molar-refractivity contribution < 1.29 is 14.1 Å². The summed E-state index contributed by atoms with van der Waals surface area (Å²) in [6.07, 6.45) is 5.19. The van der Waals surface area contributed by atoms with Crippen molar-refractivity contribution >= 4 is 23.0 Å². The Morgan fingerprint density at radius 2 is 1.63 bits per heavy atom. The molecule has 1 aliphatic heterocycles. The molecule has 27 heavy (non-hydrogen) atoms. The van der Waals surface area contributed by atoms with Gasteiger partial charge in [0.05, 0.1) is 0 Å². The first-order valence-corrected chi connectivity index (χ1v) is 11.5. The second-order valence-electron chi connectivity index (χ2n) is 8.00. The molecule has 0 bridgehead atoms. The van der Waals surface area contributed by atoms with Crippen molar-refractivity contribution in [2.45, 2.75) is 43.3 Å². The molecule has 5 nitrogen and oxygen atoms in total. The van der Waals surface area contributed by atoms with E-state index in [1.807, 2.05) is 23.1 Å². The second kappa shape index (κ2) is 8.23. The fourth-order valence-electron chi connectivity index (χ4n) is 4.43. The lowest BCUT2D eigenvalue weighted by atomic mass is 10.1. The van der Waals surface area contributed by atoms with Crippen molar-refractivity contribution in [3.63, 3.8) is 0 Å². The molecular formula is C21H28N2O3S. The number of amides is 2. The number of rotatable bonds is 5. The van der Waals surface area contributed by atoms with Crippen LogP contribution in [0.5, 0.6) is 0 Å². The molecule has 2 saturated carbocycles. The van der Waals surface area contributed by atoms with Gasteiger partial charge in [0.15, 0.2) is 5.75 Å². The summed E-state index contributed by atoms with van der Waals surface area (Å²) in [5.41, 5.74) is 1.25. The SMILES string of the molecule is O=C(C[S+]([O-])C1CCCC1)N1CCN(C(=O)[C@H]2C[C@@H]2c2ccccc2)CC1. The highest BCUT2D eigenvalue weighted by molar-refractivity contribution is 7.92. The van der Waals surface area contributed by atoms with Crippen LogP contribution in [-0.2, 0) is 20.8 Å². The van der Waals surface area contributed by atoms with E-state index in [1.165, 1.54) is 5.56 Å². The monoisotopic (exact) mass is 388 g/mol. The number of piperazine rings is 1. The van der Waals surface area contributed by atoms with E-state index in [0.717, 1.165) is 32.1 Å². The molecule has 146 valence electrons. The van der Waals surface area contributed by atoms with E-state index in [4.69, 9.17) is 0 Å². The molecule has 0 aromatic heterocycles. The summed E-state index contributed by atoms with van der Waals surface area (Å²) in [5.74, 6) is 0.820. The van der Waals surface area contributed by atoms with Crippen molar-refractivity contribution in [2.75, 3.05) is 31.9 Å². The van der Waals surface area contributed by atoms with Crippen molar-refractivity contribution in [3.05, 3.63) is 35.9 Å². The summed E-state index contributed by atoms with van der Waals surface area (Å²) in [6.45, 7) is 2.32. The largest absolute Gasteiger partial charge is 0.616 e. The van der Waals surface area contributed by atoms with Crippen molar-refractivity contribution in [1.82, 2.24) is 9.80 Å². The zero-order valence-corrected chi connectivity index (χ0v) is 16.5. The minimum Gasteiger partial charge on any atom is -0.616 e. The molecule has 1 unspecified atom stereocenters. The van der Waals surface area contributed by atoms with Gasteiger partial charge in [-0.2, -0.15) is 0 Å². The molecule has 4 rings (SSSR count). The lowest BCUT2D eigenvalue weighted by Crippen LogP contribution is -2.52. The average Bonchev–Trinajstić information content (AvgIpc) is 3.31. The third-order valence-electron chi connectivity index (χ3n) is 6.22. The Hall–Kier alpha value is -1.53. The summed E-state index contributed by atoms with van der Waals surface area (Å²) in [5, 5.41) is 0.210. The molecule has 2 aliphatic carbocycles. The van der Waals surface area contributed by atoms with Crippen LogP contribution in [0.15, 0.2) is 30.3 Å². The van der Waals surface area contributed by atoms with Gasteiger partial charge in [-0.1, -0.05) is 30.3 Å². The maximum Gasteiger partial charge on any atom is 0.272 e. The smallest absolute Gasteiger partial charge is 0.272 e. The predicted octanol–water partition coefficient (Wildman–Crippen LogP) is 2.15. The molecule has 1 heterocycles. The summed E-state index contributed by atoms with van der Waals surface area (Å²) in [7, 11) is 0. The topological polar surface area (TPSA) is 63.7 Å². The molecular weight excluding hydrogens is 360 g/mol. The number of carbonyl (C=O) groups is 2.